The maximum absolute atomic E-state index is 4.43. The first-order valence-corrected chi connectivity index (χ1v) is 7.11. The van der Waals surface area contributed by atoms with E-state index < -0.39 is 0 Å². The van der Waals surface area contributed by atoms with Crippen LogP contribution in [0.2, 0.25) is 0 Å². The normalized spacial score (nSPS) is 20.6. The van der Waals surface area contributed by atoms with Crippen LogP contribution in [0, 0.1) is 19.8 Å². The summed E-state index contributed by atoms with van der Waals surface area (Å²) in [6.07, 6.45) is 1.38. The van der Waals surface area contributed by atoms with Gasteiger partial charge in [-0.3, -0.25) is 4.68 Å². The smallest absolute Gasteiger partial charge is 0.0641 e. The van der Waals surface area contributed by atoms with Crippen LogP contribution in [0.3, 0.4) is 0 Å². The Bertz CT molecular complexity index is 353. The van der Waals surface area contributed by atoms with Gasteiger partial charge in [0.15, 0.2) is 0 Å². The molecule has 1 aromatic heterocycles. The summed E-state index contributed by atoms with van der Waals surface area (Å²) in [5, 5.41) is 8.01. The van der Waals surface area contributed by atoms with Gasteiger partial charge in [0, 0.05) is 24.8 Å². The zero-order valence-corrected chi connectivity index (χ0v) is 11.2. The number of aryl methyl sites for hydroxylation is 2. The fourth-order valence-corrected chi connectivity index (χ4v) is 3.50. The second-order valence-electron chi connectivity index (χ2n) is 4.63. The van der Waals surface area contributed by atoms with E-state index in [1.165, 1.54) is 29.2 Å². The number of thioether (sulfide) groups is 1. The van der Waals surface area contributed by atoms with Gasteiger partial charge in [0.25, 0.3) is 0 Å². The number of hydrogen-bond donors (Lipinski definition) is 1. The molecule has 0 saturated carbocycles. The summed E-state index contributed by atoms with van der Waals surface area (Å²) < 4.78 is 1.97. The van der Waals surface area contributed by atoms with Crippen molar-refractivity contribution < 1.29 is 0 Å². The van der Waals surface area contributed by atoms with Gasteiger partial charge in [0.05, 0.1) is 5.69 Å². The van der Waals surface area contributed by atoms with Crippen molar-refractivity contribution in [2.24, 2.45) is 13.0 Å². The predicted octanol–water partition coefficient (Wildman–Crippen LogP) is 1.88. The van der Waals surface area contributed by atoms with Crippen molar-refractivity contribution in [3.05, 3.63) is 17.0 Å². The van der Waals surface area contributed by atoms with Crippen molar-refractivity contribution in [2.45, 2.75) is 26.8 Å². The number of nitrogens with one attached hydrogen (secondary N) is 1. The minimum absolute atomic E-state index is 0.877. The number of aromatic nitrogens is 2. The molecule has 1 fully saturated rings. The summed E-state index contributed by atoms with van der Waals surface area (Å²) in [5.41, 5.74) is 3.81. The van der Waals surface area contributed by atoms with Crippen LogP contribution in [0.15, 0.2) is 0 Å². The highest BCUT2D eigenvalue weighted by atomic mass is 32.2. The van der Waals surface area contributed by atoms with Gasteiger partial charge in [-0.25, -0.2) is 0 Å². The lowest BCUT2D eigenvalue weighted by atomic mass is 10.1. The van der Waals surface area contributed by atoms with E-state index in [-0.39, 0.29) is 0 Å². The first kappa shape index (κ1) is 12.0. The second-order valence-corrected chi connectivity index (χ2v) is 5.78. The van der Waals surface area contributed by atoms with E-state index >= 15 is 0 Å². The maximum Gasteiger partial charge on any atom is 0.0641 e. The summed E-state index contributed by atoms with van der Waals surface area (Å²) in [4.78, 5) is 0. The number of rotatable bonds is 4. The highest BCUT2D eigenvalue weighted by Gasteiger charge is 2.15. The van der Waals surface area contributed by atoms with Crippen LogP contribution in [-0.2, 0) is 13.6 Å². The third-order valence-corrected chi connectivity index (χ3v) is 4.65. The molecular weight excluding hydrogens is 218 g/mol. The number of hydrogen-bond acceptors (Lipinski definition) is 3. The summed E-state index contributed by atoms with van der Waals surface area (Å²) in [7, 11) is 2.01. The van der Waals surface area contributed by atoms with Crippen molar-refractivity contribution in [3.8, 4) is 0 Å². The SMILES string of the molecule is Cc1nn(C)c(C)c1CNCC1CCSC1. The molecule has 0 spiro atoms. The van der Waals surface area contributed by atoms with E-state index in [0.29, 0.717) is 0 Å². The van der Waals surface area contributed by atoms with Gasteiger partial charge in [0.2, 0.25) is 0 Å². The van der Waals surface area contributed by atoms with Gasteiger partial charge in [-0.1, -0.05) is 0 Å². The Morgan fingerprint density at radius 2 is 2.31 bits per heavy atom. The summed E-state index contributed by atoms with van der Waals surface area (Å²) in [5.74, 6) is 3.55. The van der Waals surface area contributed by atoms with Crippen molar-refractivity contribution in [1.82, 2.24) is 15.1 Å². The largest absolute Gasteiger partial charge is 0.312 e. The molecule has 1 aliphatic rings. The molecule has 1 N–H and O–H groups in total. The van der Waals surface area contributed by atoms with Crippen LogP contribution in [0.25, 0.3) is 0 Å². The van der Waals surface area contributed by atoms with Gasteiger partial charge in [-0.15, -0.1) is 0 Å². The summed E-state index contributed by atoms with van der Waals surface area (Å²) in [6.45, 7) is 6.35. The monoisotopic (exact) mass is 239 g/mol. The molecule has 4 heteroatoms. The Kier molecular flexibility index (Phi) is 3.92. The van der Waals surface area contributed by atoms with Crippen LogP contribution in [0.5, 0.6) is 0 Å². The Morgan fingerprint density at radius 3 is 2.88 bits per heavy atom. The molecule has 2 heterocycles. The van der Waals surface area contributed by atoms with Crippen molar-refractivity contribution in [1.29, 1.82) is 0 Å². The summed E-state index contributed by atoms with van der Waals surface area (Å²) in [6, 6.07) is 0. The molecule has 0 bridgehead atoms. The zero-order chi connectivity index (χ0) is 11.5. The standard InChI is InChI=1S/C12H21N3S/c1-9-12(10(2)15(3)14-9)7-13-6-11-4-5-16-8-11/h11,13H,4-8H2,1-3H3. The topological polar surface area (TPSA) is 29.9 Å². The van der Waals surface area contributed by atoms with Crippen LogP contribution in [0.4, 0.5) is 0 Å². The molecule has 3 nitrogen and oxygen atoms in total. The van der Waals surface area contributed by atoms with E-state index in [4.69, 9.17) is 0 Å². The van der Waals surface area contributed by atoms with Crippen LogP contribution in [0.1, 0.15) is 23.4 Å². The molecule has 1 aliphatic heterocycles. The molecule has 90 valence electrons. The number of nitrogens with zero attached hydrogens (tertiary/aromatic N) is 2. The van der Waals surface area contributed by atoms with E-state index in [9.17, 15) is 0 Å². The lowest BCUT2D eigenvalue weighted by molar-refractivity contribution is 0.522. The third kappa shape index (κ3) is 2.61. The Hall–Kier alpha value is -0.480. The molecule has 0 radical (unpaired) electrons. The van der Waals surface area contributed by atoms with Gasteiger partial charge in [-0.05, 0) is 44.2 Å². The van der Waals surface area contributed by atoms with E-state index in [2.05, 4.69) is 36.0 Å². The minimum atomic E-state index is 0.877. The van der Waals surface area contributed by atoms with E-state index in [1.807, 2.05) is 11.7 Å². The first-order chi connectivity index (χ1) is 7.68. The Balaban J connectivity index is 1.84. The molecular formula is C12H21N3S. The minimum Gasteiger partial charge on any atom is -0.312 e. The molecule has 2 rings (SSSR count). The second kappa shape index (κ2) is 5.23. The predicted molar refractivity (Wildman–Crippen MR) is 69.8 cm³/mol. The summed E-state index contributed by atoms with van der Waals surface area (Å²) >= 11 is 2.08. The highest BCUT2D eigenvalue weighted by Crippen LogP contribution is 2.22. The molecule has 0 amide bonds. The average molecular weight is 239 g/mol. The van der Waals surface area contributed by atoms with Crippen molar-refractivity contribution >= 4 is 11.8 Å². The highest BCUT2D eigenvalue weighted by molar-refractivity contribution is 7.99. The lowest BCUT2D eigenvalue weighted by Crippen LogP contribution is -2.22. The Morgan fingerprint density at radius 1 is 1.50 bits per heavy atom. The lowest BCUT2D eigenvalue weighted by Gasteiger charge is -2.10. The van der Waals surface area contributed by atoms with Crippen molar-refractivity contribution in [2.75, 3.05) is 18.1 Å². The van der Waals surface area contributed by atoms with E-state index in [1.54, 1.807) is 0 Å². The quantitative estimate of drug-likeness (QED) is 0.870. The first-order valence-electron chi connectivity index (χ1n) is 5.96. The molecule has 1 atom stereocenters. The fourth-order valence-electron chi connectivity index (χ4n) is 2.22. The van der Waals surface area contributed by atoms with Gasteiger partial charge in [0.1, 0.15) is 0 Å². The van der Waals surface area contributed by atoms with Gasteiger partial charge < -0.3 is 5.32 Å². The average Bonchev–Trinajstić information content (AvgIpc) is 2.82. The molecule has 1 unspecified atom stereocenters. The van der Waals surface area contributed by atoms with E-state index in [0.717, 1.165) is 24.7 Å². The van der Waals surface area contributed by atoms with Gasteiger partial charge >= 0.3 is 0 Å². The molecule has 1 saturated heterocycles. The fraction of sp³-hybridized carbons (Fsp3) is 0.750. The maximum atomic E-state index is 4.43. The molecule has 0 aliphatic carbocycles. The van der Waals surface area contributed by atoms with Crippen LogP contribution in [-0.4, -0.2) is 27.8 Å². The third-order valence-electron chi connectivity index (χ3n) is 3.42. The van der Waals surface area contributed by atoms with Crippen LogP contribution < -0.4 is 5.32 Å². The Labute approximate surface area is 102 Å². The molecule has 16 heavy (non-hydrogen) atoms. The van der Waals surface area contributed by atoms with Crippen LogP contribution >= 0.6 is 11.8 Å². The molecule has 0 aromatic carbocycles. The van der Waals surface area contributed by atoms with Crippen molar-refractivity contribution in [3.63, 3.8) is 0 Å². The zero-order valence-electron chi connectivity index (χ0n) is 10.4. The molecule has 1 aromatic rings. The van der Waals surface area contributed by atoms with Gasteiger partial charge in [-0.2, -0.15) is 16.9 Å².